The minimum absolute atomic E-state index is 0.0898. The number of anilines is 3. The van der Waals surface area contributed by atoms with Crippen molar-refractivity contribution >= 4 is 52.5 Å². The third-order valence-electron chi connectivity index (χ3n) is 8.71. The normalized spacial score (nSPS) is 18.2. The minimum atomic E-state index is -1.96. The van der Waals surface area contributed by atoms with E-state index in [9.17, 15) is 4.79 Å². The first kappa shape index (κ1) is 30.6. The molecule has 2 aliphatic heterocycles. The predicted molar refractivity (Wildman–Crippen MR) is 176 cm³/mol. The van der Waals surface area contributed by atoms with E-state index in [0.717, 1.165) is 53.6 Å². The van der Waals surface area contributed by atoms with Gasteiger partial charge in [0.15, 0.2) is 30.6 Å². The molecule has 11 nitrogen and oxygen atoms in total. The van der Waals surface area contributed by atoms with Gasteiger partial charge in [0.2, 0.25) is 5.89 Å². The highest BCUT2D eigenvalue weighted by atomic mass is 32.1. The molecule has 13 heteroatoms. The molecule has 1 amide bonds. The Balaban J connectivity index is 1.31. The highest BCUT2D eigenvalue weighted by molar-refractivity contribution is 7.22. The third kappa shape index (κ3) is 6.51. The third-order valence-corrected chi connectivity index (χ3v) is 14.3. The molecule has 0 aromatic carbocycles. The van der Waals surface area contributed by atoms with Gasteiger partial charge in [-0.2, -0.15) is 4.98 Å². The van der Waals surface area contributed by atoms with Gasteiger partial charge in [0.05, 0.1) is 29.7 Å². The lowest BCUT2D eigenvalue weighted by Crippen LogP contribution is -2.49. The number of aryl methyl sites for hydroxylation is 1. The number of oxazole rings is 1. The summed E-state index contributed by atoms with van der Waals surface area (Å²) < 4.78 is 19.0. The van der Waals surface area contributed by atoms with Gasteiger partial charge in [0, 0.05) is 43.6 Å². The van der Waals surface area contributed by atoms with E-state index in [0.29, 0.717) is 42.8 Å². The van der Waals surface area contributed by atoms with Gasteiger partial charge in [-0.3, -0.25) is 9.78 Å². The van der Waals surface area contributed by atoms with Crippen LogP contribution in [0.15, 0.2) is 35.1 Å². The molecular weight excluding hydrogens is 595 g/mol. The number of aromatic nitrogens is 4. The Kier molecular flexibility index (Phi) is 8.48. The molecule has 0 aliphatic carbocycles. The molecule has 0 saturated carbocycles. The molecule has 234 valence electrons. The zero-order valence-electron chi connectivity index (χ0n) is 26.3. The molecule has 1 N–H and O–H groups in total. The van der Waals surface area contributed by atoms with Crippen molar-refractivity contribution in [2.75, 3.05) is 54.5 Å². The molecule has 1 atom stereocenters. The Morgan fingerprint density at radius 1 is 1.11 bits per heavy atom. The lowest BCUT2D eigenvalue weighted by atomic mass is 10.1. The number of carbonyl (C=O) groups excluding carboxylic acids is 1. The largest absolute Gasteiger partial charge is 0.444 e. The fraction of sp³-hybridized carbons (Fsp3) is 0.516. The number of thiazole rings is 1. The summed E-state index contributed by atoms with van der Waals surface area (Å²) >= 11 is 1.58. The van der Waals surface area contributed by atoms with Crippen LogP contribution in [-0.2, 0) is 9.16 Å². The first-order valence-corrected chi connectivity index (χ1v) is 19.0. The number of rotatable bonds is 7. The van der Waals surface area contributed by atoms with Crippen LogP contribution in [0.2, 0.25) is 18.1 Å². The fourth-order valence-electron chi connectivity index (χ4n) is 5.26. The Morgan fingerprint density at radius 2 is 1.91 bits per heavy atom. The summed E-state index contributed by atoms with van der Waals surface area (Å²) in [6.07, 6.45) is 5.15. The Bertz CT molecular complexity index is 1640. The van der Waals surface area contributed by atoms with Crippen LogP contribution in [0.1, 0.15) is 49.8 Å². The maximum Gasteiger partial charge on any atom is 0.277 e. The van der Waals surface area contributed by atoms with Crippen molar-refractivity contribution < 1.29 is 18.4 Å². The van der Waals surface area contributed by atoms with Gasteiger partial charge < -0.3 is 28.7 Å². The Hall–Kier alpha value is -3.39. The van der Waals surface area contributed by atoms with Gasteiger partial charge in [-0.15, -0.1) is 0 Å². The quantitative estimate of drug-likeness (QED) is 0.238. The van der Waals surface area contributed by atoms with E-state index < -0.39 is 8.32 Å². The lowest BCUT2D eigenvalue weighted by Gasteiger charge is -2.42. The molecule has 0 radical (unpaired) electrons. The number of piperidine rings is 1. The highest BCUT2D eigenvalue weighted by Gasteiger charge is 2.40. The molecule has 2 aliphatic rings. The standard InChI is InChI=1S/C31H41N7O4SSi/c1-20-16-21(9-10-32-20)29-34-24(19-41-29)28(39)33-23-17-25-26(36-30(43-25)37-12-14-40-15-13-37)35-27(23)38-11-7-8-22(18-38)42-44(5,6)31(2,3)4/h9-10,16-17,19,22H,7-8,11-15,18H2,1-6H3,(H,33,39). The van der Waals surface area contributed by atoms with Crippen LogP contribution < -0.4 is 15.1 Å². The number of hydrogen-bond donors (Lipinski definition) is 1. The van der Waals surface area contributed by atoms with Gasteiger partial charge in [0.25, 0.3) is 5.91 Å². The van der Waals surface area contributed by atoms with Crippen molar-refractivity contribution in [2.24, 2.45) is 0 Å². The summed E-state index contributed by atoms with van der Waals surface area (Å²) in [4.78, 5) is 36.7. The summed E-state index contributed by atoms with van der Waals surface area (Å²) in [7, 11) is -1.96. The first-order valence-electron chi connectivity index (χ1n) is 15.2. The molecule has 1 unspecified atom stereocenters. The van der Waals surface area contributed by atoms with Crippen molar-refractivity contribution in [3.63, 3.8) is 0 Å². The molecule has 4 aromatic heterocycles. The van der Waals surface area contributed by atoms with E-state index in [1.54, 1.807) is 17.5 Å². The number of nitrogens with one attached hydrogen (secondary N) is 1. The zero-order valence-corrected chi connectivity index (χ0v) is 28.2. The second kappa shape index (κ2) is 12.2. The topological polar surface area (TPSA) is 119 Å². The van der Waals surface area contributed by atoms with E-state index >= 15 is 0 Å². The van der Waals surface area contributed by atoms with Crippen molar-refractivity contribution in [1.82, 2.24) is 19.9 Å². The van der Waals surface area contributed by atoms with Crippen LogP contribution in [0.4, 0.5) is 16.6 Å². The molecule has 44 heavy (non-hydrogen) atoms. The van der Waals surface area contributed by atoms with Gasteiger partial charge in [-0.1, -0.05) is 32.1 Å². The van der Waals surface area contributed by atoms with E-state index in [4.69, 9.17) is 23.5 Å². The van der Waals surface area contributed by atoms with E-state index in [-0.39, 0.29) is 22.7 Å². The molecule has 0 bridgehead atoms. The average Bonchev–Trinajstić information content (AvgIpc) is 3.64. The van der Waals surface area contributed by atoms with Crippen molar-refractivity contribution in [3.8, 4) is 11.5 Å². The molecule has 2 fully saturated rings. The number of ether oxygens (including phenoxy) is 1. The van der Waals surface area contributed by atoms with Gasteiger partial charge >= 0.3 is 0 Å². The summed E-state index contributed by atoms with van der Waals surface area (Å²) in [6.45, 7) is 17.7. The molecule has 4 aromatic rings. The number of amides is 1. The van der Waals surface area contributed by atoms with Crippen LogP contribution >= 0.6 is 11.3 Å². The first-order chi connectivity index (χ1) is 21.0. The average molecular weight is 636 g/mol. The summed E-state index contributed by atoms with van der Waals surface area (Å²) in [5.74, 6) is 0.701. The minimum Gasteiger partial charge on any atom is -0.444 e. The van der Waals surface area contributed by atoms with Crippen LogP contribution in [0, 0.1) is 6.92 Å². The monoisotopic (exact) mass is 635 g/mol. The van der Waals surface area contributed by atoms with Crippen molar-refractivity contribution in [1.29, 1.82) is 0 Å². The second-order valence-electron chi connectivity index (χ2n) is 13.0. The lowest BCUT2D eigenvalue weighted by molar-refractivity contribution is 0.102. The second-order valence-corrected chi connectivity index (χ2v) is 18.8. The number of hydrogen-bond acceptors (Lipinski definition) is 11. The fourth-order valence-corrected chi connectivity index (χ4v) is 7.64. The van der Waals surface area contributed by atoms with Gasteiger partial charge in [-0.25, -0.2) is 9.97 Å². The van der Waals surface area contributed by atoms with E-state index in [2.05, 4.69) is 58.9 Å². The number of pyridine rings is 2. The van der Waals surface area contributed by atoms with E-state index in [1.807, 2.05) is 25.1 Å². The Morgan fingerprint density at radius 3 is 2.66 bits per heavy atom. The zero-order chi connectivity index (χ0) is 31.1. The Labute approximate surface area is 263 Å². The molecule has 2 saturated heterocycles. The number of morpholine rings is 1. The highest BCUT2D eigenvalue weighted by Crippen LogP contribution is 2.40. The van der Waals surface area contributed by atoms with Crippen LogP contribution in [0.5, 0.6) is 0 Å². The maximum absolute atomic E-state index is 13.6. The predicted octanol–water partition coefficient (Wildman–Crippen LogP) is 6.13. The maximum atomic E-state index is 13.6. The van der Waals surface area contributed by atoms with Gasteiger partial charge in [0.1, 0.15) is 6.26 Å². The van der Waals surface area contributed by atoms with Crippen molar-refractivity contribution in [3.05, 3.63) is 42.0 Å². The van der Waals surface area contributed by atoms with Crippen molar-refractivity contribution in [2.45, 2.75) is 64.8 Å². The SMILES string of the molecule is Cc1cc(-c2nc(C(=O)Nc3cc4sc(N5CCOCC5)nc4nc3N3CCCC(O[Si](C)(C)C(C)(C)C)C3)co2)ccn1. The molecular formula is C31H41N7O4SSi. The molecule has 6 rings (SSSR count). The van der Waals surface area contributed by atoms with Crippen LogP contribution in [0.3, 0.4) is 0 Å². The van der Waals surface area contributed by atoms with Crippen LogP contribution in [0.25, 0.3) is 21.8 Å². The van der Waals surface area contributed by atoms with E-state index in [1.165, 1.54) is 6.26 Å². The summed E-state index contributed by atoms with van der Waals surface area (Å²) in [5, 5.41) is 4.14. The number of fused-ring (bicyclic) bond motifs is 1. The summed E-state index contributed by atoms with van der Waals surface area (Å²) in [6, 6.07) is 5.67. The number of carbonyl (C=O) groups is 1. The molecule has 6 heterocycles. The number of nitrogens with zero attached hydrogens (tertiary/aromatic N) is 6. The smallest absolute Gasteiger partial charge is 0.277 e. The van der Waals surface area contributed by atoms with Gasteiger partial charge in [-0.05, 0) is 56.1 Å². The summed E-state index contributed by atoms with van der Waals surface area (Å²) in [5.41, 5.74) is 3.10. The van der Waals surface area contributed by atoms with Crippen LogP contribution in [-0.4, -0.2) is 79.7 Å². The molecule has 0 spiro atoms.